The summed E-state index contributed by atoms with van der Waals surface area (Å²) >= 11 is 2.09. The zero-order valence-electron chi connectivity index (χ0n) is 13.1. The van der Waals surface area contributed by atoms with Gasteiger partial charge in [0.15, 0.2) is 0 Å². The van der Waals surface area contributed by atoms with Gasteiger partial charge in [0.25, 0.3) is 0 Å². The Kier molecular flexibility index (Phi) is 5.89. The summed E-state index contributed by atoms with van der Waals surface area (Å²) in [5.41, 5.74) is 6.16. The van der Waals surface area contributed by atoms with E-state index in [1.54, 1.807) is 0 Å². The number of thioether (sulfide) groups is 1. The lowest BCUT2D eigenvalue weighted by Crippen LogP contribution is -2.59. The van der Waals surface area contributed by atoms with Crippen LogP contribution in [0.2, 0.25) is 0 Å². The van der Waals surface area contributed by atoms with Gasteiger partial charge in [-0.15, -0.1) is 12.4 Å². The van der Waals surface area contributed by atoms with Crippen LogP contribution in [-0.2, 0) is 4.79 Å². The minimum Gasteiger partial charge on any atom is -0.337 e. The van der Waals surface area contributed by atoms with E-state index in [2.05, 4.69) is 23.6 Å². The molecule has 1 saturated heterocycles. The number of amides is 1. The Bertz CT molecular complexity index is 375. The molecule has 0 aromatic carbocycles. The van der Waals surface area contributed by atoms with Crippen LogP contribution in [0.5, 0.6) is 0 Å². The molecule has 0 bridgehead atoms. The van der Waals surface area contributed by atoms with E-state index in [1.807, 2.05) is 0 Å². The van der Waals surface area contributed by atoms with E-state index in [0.717, 1.165) is 25.1 Å². The van der Waals surface area contributed by atoms with Crippen LogP contribution in [0.15, 0.2) is 0 Å². The number of rotatable bonds is 1. The van der Waals surface area contributed by atoms with Gasteiger partial charge in [-0.1, -0.05) is 25.7 Å². The maximum atomic E-state index is 13.1. The first-order valence-electron chi connectivity index (χ1n) is 8.30. The summed E-state index contributed by atoms with van der Waals surface area (Å²) in [5.74, 6) is 1.54. The summed E-state index contributed by atoms with van der Waals surface area (Å²) in [4.78, 5) is 15.3. The first-order chi connectivity index (χ1) is 9.59. The minimum absolute atomic E-state index is 0. The zero-order valence-corrected chi connectivity index (χ0v) is 14.7. The van der Waals surface area contributed by atoms with E-state index in [4.69, 9.17) is 5.73 Å². The minimum atomic E-state index is -0.288. The van der Waals surface area contributed by atoms with Gasteiger partial charge >= 0.3 is 0 Å². The molecule has 3 rings (SSSR count). The number of carbonyl (C=O) groups excluding carboxylic acids is 1. The number of carbonyl (C=O) groups is 1. The van der Waals surface area contributed by atoms with E-state index in [0.29, 0.717) is 17.2 Å². The van der Waals surface area contributed by atoms with Crippen molar-refractivity contribution in [3.8, 4) is 0 Å². The summed E-state index contributed by atoms with van der Waals surface area (Å²) in [6.07, 6.45) is 9.47. The molecular weight excluding hydrogens is 304 g/mol. The molecule has 21 heavy (non-hydrogen) atoms. The third-order valence-electron chi connectivity index (χ3n) is 5.57. The Morgan fingerprint density at radius 2 is 1.90 bits per heavy atom. The van der Waals surface area contributed by atoms with Crippen molar-refractivity contribution in [3.63, 3.8) is 0 Å². The number of fused-ring (bicyclic) bond motifs is 1. The van der Waals surface area contributed by atoms with Gasteiger partial charge in [0, 0.05) is 29.1 Å². The van der Waals surface area contributed by atoms with Crippen LogP contribution in [0.25, 0.3) is 0 Å². The highest BCUT2D eigenvalue weighted by molar-refractivity contribution is 8.00. The third kappa shape index (κ3) is 3.53. The molecule has 1 aliphatic heterocycles. The lowest BCUT2D eigenvalue weighted by Gasteiger charge is -2.47. The summed E-state index contributed by atoms with van der Waals surface area (Å²) in [6, 6.07) is 0.493. The Morgan fingerprint density at radius 1 is 1.19 bits per heavy atom. The Labute approximate surface area is 139 Å². The predicted octanol–water partition coefficient (Wildman–Crippen LogP) is 3.20. The summed E-state index contributed by atoms with van der Waals surface area (Å²) in [7, 11) is 0. The van der Waals surface area contributed by atoms with E-state index in [-0.39, 0.29) is 23.9 Å². The molecule has 0 aromatic heterocycles. The standard InChI is InChI=1S/C16H28N2OS.ClH/c1-16(17)9-5-4-6-12(16)15(19)18-10-11-20-14-8-3-2-7-13(14)18;/h12-14H,2-11,17H2,1H3;1H. The van der Waals surface area contributed by atoms with E-state index in [9.17, 15) is 4.79 Å². The molecule has 0 aromatic rings. The second kappa shape index (κ2) is 7.10. The van der Waals surface area contributed by atoms with Crippen LogP contribution in [0, 0.1) is 5.92 Å². The van der Waals surface area contributed by atoms with Crippen molar-refractivity contribution in [2.45, 2.75) is 75.1 Å². The number of hydrogen-bond donors (Lipinski definition) is 1. The molecule has 4 atom stereocenters. The zero-order chi connectivity index (χ0) is 14.2. The van der Waals surface area contributed by atoms with Crippen LogP contribution in [0.4, 0.5) is 0 Å². The first-order valence-corrected chi connectivity index (χ1v) is 9.35. The van der Waals surface area contributed by atoms with Gasteiger partial charge in [0.1, 0.15) is 0 Å². The largest absolute Gasteiger partial charge is 0.337 e. The molecule has 2 N–H and O–H groups in total. The first kappa shape index (κ1) is 17.4. The molecule has 122 valence electrons. The van der Waals surface area contributed by atoms with Gasteiger partial charge in [-0.2, -0.15) is 11.8 Å². The summed E-state index contributed by atoms with van der Waals surface area (Å²) in [6.45, 7) is 3.03. The topological polar surface area (TPSA) is 46.3 Å². The highest BCUT2D eigenvalue weighted by Gasteiger charge is 2.44. The van der Waals surface area contributed by atoms with E-state index < -0.39 is 0 Å². The van der Waals surface area contributed by atoms with Crippen molar-refractivity contribution < 1.29 is 4.79 Å². The Hall–Kier alpha value is 0.0700. The van der Waals surface area contributed by atoms with Crippen LogP contribution in [0.3, 0.4) is 0 Å². The number of halogens is 1. The fraction of sp³-hybridized carbons (Fsp3) is 0.938. The number of nitrogens with two attached hydrogens (primary N) is 1. The molecule has 3 nitrogen and oxygen atoms in total. The van der Waals surface area contributed by atoms with Gasteiger partial charge in [-0.05, 0) is 32.6 Å². The van der Waals surface area contributed by atoms with E-state index in [1.165, 1.54) is 38.5 Å². The Morgan fingerprint density at radius 3 is 2.67 bits per heavy atom. The molecule has 1 heterocycles. The van der Waals surface area contributed by atoms with Gasteiger partial charge in [-0.25, -0.2) is 0 Å². The molecule has 2 saturated carbocycles. The second-order valence-electron chi connectivity index (χ2n) is 7.10. The molecule has 0 spiro atoms. The highest BCUT2D eigenvalue weighted by Crippen LogP contribution is 2.39. The molecule has 3 fully saturated rings. The van der Waals surface area contributed by atoms with Crippen LogP contribution in [0.1, 0.15) is 58.3 Å². The SMILES string of the molecule is CC1(N)CCCCC1C(=O)N1CCSC2CCCCC21.Cl. The smallest absolute Gasteiger partial charge is 0.227 e. The fourth-order valence-corrected chi connectivity index (χ4v) is 5.78. The predicted molar refractivity (Wildman–Crippen MR) is 92.0 cm³/mol. The van der Waals surface area contributed by atoms with Crippen molar-refractivity contribution in [2.75, 3.05) is 12.3 Å². The molecule has 4 unspecified atom stereocenters. The molecule has 3 aliphatic rings. The van der Waals surface area contributed by atoms with Crippen LogP contribution < -0.4 is 5.73 Å². The van der Waals surface area contributed by atoms with Crippen LogP contribution >= 0.6 is 24.2 Å². The van der Waals surface area contributed by atoms with Crippen molar-refractivity contribution in [2.24, 2.45) is 11.7 Å². The van der Waals surface area contributed by atoms with Crippen LogP contribution in [-0.4, -0.2) is 39.9 Å². The normalized spacial score (nSPS) is 40.1. The van der Waals surface area contributed by atoms with Crippen molar-refractivity contribution in [1.29, 1.82) is 0 Å². The fourth-order valence-electron chi connectivity index (χ4n) is 4.33. The second-order valence-corrected chi connectivity index (χ2v) is 8.44. The average Bonchev–Trinajstić information content (AvgIpc) is 2.45. The van der Waals surface area contributed by atoms with Gasteiger partial charge in [0.2, 0.25) is 5.91 Å². The monoisotopic (exact) mass is 332 g/mol. The number of hydrogen-bond acceptors (Lipinski definition) is 3. The maximum Gasteiger partial charge on any atom is 0.227 e. The molecule has 2 aliphatic carbocycles. The van der Waals surface area contributed by atoms with E-state index >= 15 is 0 Å². The summed E-state index contributed by atoms with van der Waals surface area (Å²) in [5, 5.41) is 0.689. The lowest BCUT2D eigenvalue weighted by atomic mass is 9.73. The van der Waals surface area contributed by atoms with Crippen molar-refractivity contribution >= 4 is 30.1 Å². The summed E-state index contributed by atoms with van der Waals surface area (Å²) < 4.78 is 0. The third-order valence-corrected chi connectivity index (χ3v) is 6.96. The molecule has 0 radical (unpaired) electrons. The van der Waals surface area contributed by atoms with Gasteiger partial charge < -0.3 is 10.6 Å². The van der Waals surface area contributed by atoms with Crippen molar-refractivity contribution in [1.82, 2.24) is 4.90 Å². The number of nitrogens with zero attached hydrogens (tertiary/aromatic N) is 1. The molecule has 5 heteroatoms. The Balaban J connectivity index is 0.00000161. The van der Waals surface area contributed by atoms with Crippen molar-refractivity contribution in [3.05, 3.63) is 0 Å². The molecule has 1 amide bonds. The maximum absolute atomic E-state index is 13.1. The quantitative estimate of drug-likeness (QED) is 0.802. The lowest BCUT2D eigenvalue weighted by molar-refractivity contribution is -0.141. The highest BCUT2D eigenvalue weighted by atomic mass is 35.5. The molecular formula is C16H29ClN2OS. The average molecular weight is 333 g/mol. The van der Waals surface area contributed by atoms with Gasteiger partial charge in [0.05, 0.1) is 5.92 Å². The van der Waals surface area contributed by atoms with Gasteiger partial charge in [-0.3, -0.25) is 4.79 Å².